The molecule has 1 heterocycles. The Hall–Kier alpha value is -1.76. The van der Waals surface area contributed by atoms with Gasteiger partial charge in [-0.25, -0.2) is 0 Å². The molecule has 0 spiro atoms. The van der Waals surface area contributed by atoms with Crippen LogP contribution in [0.5, 0.6) is 0 Å². The van der Waals surface area contributed by atoms with Crippen LogP contribution in [-0.2, 0) is 30.9 Å². The summed E-state index contributed by atoms with van der Waals surface area (Å²) in [4.78, 5) is 4.81. The number of aryl methyl sites for hydroxylation is 1. The molecule has 3 aromatic rings. The van der Waals surface area contributed by atoms with Crippen molar-refractivity contribution in [2.75, 3.05) is 0 Å². The van der Waals surface area contributed by atoms with Crippen molar-refractivity contribution in [2.45, 2.75) is 57.3 Å². The van der Waals surface area contributed by atoms with Gasteiger partial charge in [-0.05, 0) is 47.4 Å². The Morgan fingerprint density at radius 2 is 1.54 bits per heavy atom. The Labute approximate surface area is 182 Å². The standard InChI is InChI=1S/C26H26N.Ir/c1-18-15-24(27-17-21(18)19-7-5-4-6-8-19)20-9-10-22-23(16-20)26(3)13-11-25(22,2)12-14-26;/h4-8,10,15-17H,11-14H2,1-3H3;/q-1;. The minimum absolute atomic E-state index is 0. The monoisotopic (exact) mass is 545 g/mol. The van der Waals surface area contributed by atoms with E-state index in [1.807, 2.05) is 6.20 Å². The summed E-state index contributed by atoms with van der Waals surface area (Å²) in [6.45, 7) is 7.07. The van der Waals surface area contributed by atoms with E-state index in [-0.39, 0.29) is 20.1 Å². The van der Waals surface area contributed by atoms with Gasteiger partial charge in [0.15, 0.2) is 0 Å². The molecule has 2 heteroatoms. The molecule has 0 amide bonds. The molecule has 0 atom stereocenters. The molecule has 2 bridgehead atoms. The van der Waals surface area contributed by atoms with Crippen molar-refractivity contribution < 1.29 is 20.1 Å². The first kappa shape index (κ1) is 19.6. The summed E-state index contributed by atoms with van der Waals surface area (Å²) in [5.74, 6) is 0. The second kappa shape index (κ2) is 6.94. The molecule has 3 aliphatic carbocycles. The van der Waals surface area contributed by atoms with Crippen molar-refractivity contribution in [1.29, 1.82) is 0 Å². The van der Waals surface area contributed by atoms with Gasteiger partial charge >= 0.3 is 0 Å². The van der Waals surface area contributed by atoms with E-state index in [1.165, 1.54) is 47.9 Å². The van der Waals surface area contributed by atoms with E-state index in [9.17, 15) is 0 Å². The fourth-order valence-corrected chi connectivity index (χ4v) is 5.15. The second-order valence-electron chi connectivity index (χ2n) is 9.05. The molecule has 1 saturated carbocycles. The molecule has 1 aromatic heterocycles. The van der Waals surface area contributed by atoms with Crippen LogP contribution in [0.1, 0.15) is 56.2 Å². The minimum Gasteiger partial charge on any atom is -0.304 e. The van der Waals surface area contributed by atoms with Crippen LogP contribution >= 0.6 is 0 Å². The molecule has 1 radical (unpaired) electrons. The Morgan fingerprint density at radius 1 is 0.893 bits per heavy atom. The van der Waals surface area contributed by atoms with Crippen LogP contribution in [0.25, 0.3) is 22.4 Å². The Kier molecular flexibility index (Phi) is 4.84. The van der Waals surface area contributed by atoms with Gasteiger partial charge in [0.2, 0.25) is 0 Å². The molecular formula is C26H26IrN-. The maximum atomic E-state index is 4.81. The summed E-state index contributed by atoms with van der Waals surface area (Å²) in [7, 11) is 0. The SMILES string of the molecule is Cc1cc(-c2[c-]cc3c(c2)C2(C)CCC3(C)CC2)ncc1-c1ccccc1.[Ir]. The molecule has 1 nitrogen and oxygen atoms in total. The minimum atomic E-state index is 0. The molecule has 145 valence electrons. The van der Waals surface area contributed by atoms with Gasteiger partial charge in [0, 0.05) is 31.9 Å². The number of benzene rings is 2. The molecule has 2 aromatic carbocycles. The predicted molar refractivity (Wildman–Crippen MR) is 112 cm³/mol. The molecule has 1 fully saturated rings. The summed E-state index contributed by atoms with van der Waals surface area (Å²) in [5.41, 5.74) is 9.61. The molecule has 0 N–H and O–H groups in total. The van der Waals surface area contributed by atoms with Crippen molar-refractivity contribution in [2.24, 2.45) is 0 Å². The third-order valence-electron chi connectivity index (χ3n) is 7.18. The van der Waals surface area contributed by atoms with Crippen molar-refractivity contribution in [3.05, 3.63) is 77.5 Å². The first-order valence-electron chi connectivity index (χ1n) is 10.1. The average molecular weight is 545 g/mol. The summed E-state index contributed by atoms with van der Waals surface area (Å²) in [6, 6.07) is 20.9. The van der Waals surface area contributed by atoms with Crippen LogP contribution in [0.3, 0.4) is 0 Å². The Morgan fingerprint density at radius 3 is 2.18 bits per heavy atom. The fraction of sp³-hybridized carbons (Fsp3) is 0.346. The second-order valence-corrected chi connectivity index (χ2v) is 9.05. The summed E-state index contributed by atoms with van der Waals surface area (Å²) in [6.07, 6.45) is 7.25. The first-order chi connectivity index (χ1) is 13.0. The molecule has 6 rings (SSSR count). The van der Waals surface area contributed by atoms with E-state index in [2.05, 4.69) is 75.4 Å². The van der Waals surface area contributed by atoms with Gasteiger partial charge in [0.1, 0.15) is 0 Å². The van der Waals surface area contributed by atoms with E-state index in [0.717, 1.165) is 11.3 Å². The van der Waals surface area contributed by atoms with Gasteiger partial charge in [-0.3, -0.25) is 0 Å². The third kappa shape index (κ3) is 2.98. The molecule has 28 heavy (non-hydrogen) atoms. The number of rotatable bonds is 2. The van der Waals surface area contributed by atoms with E-state index in [4.69, 9.17) is 4.98 Å². The van der Waals surface area contributed by atoms with Gasteiger partial charge in [0.25, 0.3) is 0 Å². The van der Waals surface area contributed by atoms with E-state index in [1.54, 1.807) is 5.56 Å². The Bertz CT molecular complexity index is 1010. The molecule has 3 aliphatic rings. The summed E-state index contributed by atoms with van der Waals surface area (Å²) >= 11 is 0. The number of hydrogen-bond acceptors (Lipinski definition) is 1. The predicted octanol–water partition coefficient (Wildman–Crippen LogP) is 6.62. The number of hydrogen-bond donors (Lipinski definition) is 0. The van der Waals surface area contributed by atoms with E-state index in [0.29, 0.717) is 10.8 Å². The summed E-state index contributed by atoms with van der Waals surface area (Å²) in [5, 5.41) is 0. The smallest absolute Gasteiger partial charge is 0.0242 e. The van der Waals surface area contributed by atoms with Crippen molar-refractivity contribution in [3.63, 3.8) is 0 Å². The molecular weight excluding hydrogens is 519 g/mol. The van der Waals surface area contributed by atoms with Crippen molar-refractivity contribution >= 4 is 0 Å². The van der Waals surface area contributed by atoms with Gasteiger partial charge in [-0.15, -0.1) is 34.9 Å². The maximum absolute atomic E-state index is 4.81. The summed E-state index contributed by atoms with van der Waals surface area (Å²) < 4.78 is 0. The normalized spacial score (nSPS) is 25.1. The average Bonchev–Trinajstić information content (AvgIpc) is 2.70. The molecule has 0 saturated heterocycles. The van der Waals surface area contributed by atoms with Crippen molar-refractivity contribution in [1.82, 2.24) is 4.98 Å². The molecule has 0 unspecified atom stereocenters. The van der Waals surface area contributed by atoms with Crippen LogP contribution < -0.4 is 0 Å². The Balaban J connectivity index is 0.00000192. The van der Waals surface area contributed by atoms with Gasteiger partial charge in [0.05, 0.1) is 0 Å². The van der Waals surface area contributed by atoms with Crippen LogP contribution in [0.15, 0.2) is 54.7 Å². The zero-order valence-corrected chi connectivity index (χ0v) is 19.2. The number of aromatic nitrogens is 1. The number of pyridine rings is 1. The van der Waals surface area contributed by atoms with Gasteiger partial charge in [-0.1, -0.05) is 63.1 Å². The fourth-order valence-electron chi connectivity index (χ4n) is 5.15. The van der Waals surface area contributed by atoms with Gasteiger partial charge < -0.3 is 4.98 Å². The third-order valence-corrected chi connectivity index (χ3v) is 7.18. The first-order valence-corrected chi connectivity index (χ1v) is 10.1. The van der Waals surface area contributed by atoms with Gasteiger partial charge in [-0.2, -0.15) is 0 Å². The number of fused-ring (bicyclic) bond motifs is 2. The van der Waals surface area contributed by atoms with Crippen molar-refractivity contribution in [3.8, 4) is 22.4 Å². The quantitative estimate of drug-likeness (QED) is 0.330. The topological polar surface area (TPSA) is 12.9 Å². The maximum Gasteiger partial charge on any atom is 0.0242 e. The molecule has 0 aliphatic heterocycles. The number of nitrogens with zero attached hydrogens (tertiary/aromatic N) is 1. The van der Waals surface area contributed by atoms with Crippen LogP contribution in [0.2, 0.25) is 0 Å². The van der Waals surface area contributed by atoms with Crippen LogP contribution in [-0.4, -0.2) is 4.98 Å². The van der Waals surface area contributed by atoms with E-state index >= 15 is 0 Å². The van der Waals surface area contributed by atoms with Crippen LogP contribution in [0.4, 0.5) is 0 Å². The zero-order chi connectivity index (χ0) is 18.6. The largest absolute Gasteiger partial charge is 0.304 e. The zero-order valence-electron chi connectivity index (χ0n) is 16.8. The van der Waals surface area contributed by atoms with Crippen LogP contribution in [0, 0.1) is 13.0 Å². The van der Waals surface area contributed by atoms with E-state index < -0.39 is 0 Å².